The van der Waals surface area contributed by atoms with Gasteiger partial charge in [-0.1, -0.05) is 231 Å². The zero-order chi connectivity index (χ0) is 44.0. The number of hydrogen-bond acceptors (Lipinski definition) is 9. The monoisotopic (exact) mass is 873 g/mol. The molecule has 0 aliphatic heterocycles. The van der Waals surface area contributed by atoms with Crippen molar-refractivity contribution in [3.8, 4) is 0 Å². The summed E-state index contributed by atoms with van der Waals surface area (Å²) in [5.74, 6) is -1.16. The molecule has 3 atom stereocenters. The van der Waals surface area contributed by atoms with Gasteiger partial charge in [0, 0.05) is 12.5 Å². The minimum Gasteiger partial charge on any atom is -0.458 e. The quantitative estimate of drug-likeness (QED) is 0.0177. The molecule has 354 valence electrons. The van der Waals surface area contributed by atoms with Crippen molar-refractivity contribution in [3.05, 3.63) is 24.3 Å². The van der Waals surface area contributed by atoms with Gasteiger partial charge in [-0.3, -0.25) is 13.8 Å². The van der Waals surface area contributed by atoms with Crippen molar-refractivity contribution in [3.63, 3.8) is 0 Å². The third-order valence-electron chi connectivity index (χ3n) is 11.0. The molecule has 0 aliphatic rings. The zero-order valence-electron chi connectivity index (χ0n) is 38.7. The number of esters is 2. The lowest BCUT2D eigenvalue weighted by atomic mass is 10.0. The molecule has 0 radical (unpaired) electrons. The van der Waals surface area contributed by atoms with Crippen LogP contribution in [-0.2, 0) is 32.7 Å². The molecular formula is C49H93O10P. The molecule has 11 heteroatoms. The lowest BCUT2D eigenvalue weighted by molar-refractivity contribution is -0.159. The number of aliphatic hydroxyl groups excluding tert-OH is 2. The number of phosphoric acid groups is 1. The lowest BCUT2D eigenvalue weighted by Crippen LogP contribution is -2.29. The van der Waals surface area contributed by atoms with E-state index in [1.165, 1.54) is 186 Å². The van der Waals surface area contributed by atoms with E-state index in [4.69, 9.17) is 23.6 Å². The minimum atomic E-state index is -4.64. The summed E-state index contributed by atoms with van der Waals surface area (Å²) in [5.41, 5.74) is 0. The van der Waals surface area contributed by atoms with Gasteiger partial charge in [-0.15, -0.1) is 0 Å². The Kier molecular flexibility index (Phi) is 44.3. The average molecular weight is 873 g/mol. The van der Waals surface area contributed by atoms with E-state index in [-0.39, 0.29) is 13.0 Å². The van der Waals surface area contributed by atoms with Crippen molar-refractivity contribution in [1.82, 2.24) is 0 Å². The SMILES string of the molecule is CCCCCCCCCCCCC/C=C/C=C/C(=O)OC[C@H](COP(=O)(O)OC[C@@H](O)CO)OC(=O)CCCCCCCCCCCCCCCCCCCCCCCC. The molecule has 3 N–H and O–H groups in total. The third kappa shape index (κ3) is 44.5. The number of unbranched alkanes of at least 4 members (excludes halogenated alkanes) is 32. The second kappa shape index (κ2) is 45.5. The molecule has 0 bridgehead atoms. The number of hydrogen-bond donors (Lipinski definition) is 3. The fraction of sp³-hybridized carbons (Fsp3) is 0.878. The highest BCUT2D eigenvalue weighted by molar-refractivity contribution is 7.47. The summed E-state index contributed by atoms with van der Waals surface area (Å²) in [6.07, 6.45) is 47.8. The molecule has 0 aliphatic carbocycles. The average Bonchev–Trinajstić information content (AvgIpc) is 3.24. The molecule has 1 unspecified atom stereocenters. The largest absolute Gasteiger partial charge is 0.472 e. The maximum Gasteiger partial charge on any atom is 0.472 e. The summed E-state index contributed by atoms with van der Waals surface area (Å²) in [6.45, 7) is 2.30. The first-order valence-electron chi connectivity index (χ1n) is 24.8. The number of allylic oxidation sites excluding steroid dienone is 3. The van der Waals surface area contributed by atoms with Crippen molar-refractivity contribution >= 4 is 19.8 Å². The van der Waals surface area contributed by atoms with Crippen LogP contribution in [0.5, 0.6) is 0 Å². The van der Waals surface area contributed by atoms with Crippen LogP contribution in [-0.4, -0.2) is 65.7 Å². The van der Waals surface area contributed by atoms with Crippen LogP contribution in [0.15, 0.2) is 24.3 Å². The smallest absolute Gasteiger partial charge is 0.458 e. The van der Waals surface area contributed by atoms with E-state index in [0.29, 0.717) is 6.42 Å². The standard InChI is InChI=1S/C49H93O10P/c1-3-5-7-9-11-13-15-17-19-20-21-22-23-24-25-27-29-31-33-35-37-39-41-49(53)59-47(45-58-60(54,55)57-43-46(51)42-50)44-56-48(52)40-38-36-34-32-30-28-26-18-16-14-12-10-8-6-4-2/h34,36,38,40,46-47,50-51H,3-33,35,37,39,41-45H2,1-2H3,(H,54,55)/b36-34+,40-38+/t46-,47+/m0/s1. The van der Waals surface area contributed by atoms with Crippen LogP contribution >= 0.6 is 7.82 Å². The molecule has 0 heterocycles. The van der Waals surface area contributed by atoms with Gasteiger partial charge >= 0.3 is 19.8 Å². The first-order valence-corrected chi connectivity index (χ1v) is 26.3. The highest BCUT2D eigenvalue weighted by atomic mass is 31.2. The number of rotatable bonds is 47. The summed E-state index contributed by atoms with van der Waals surface area (Å²) in [4.78, 5) is 35.0. The van der Waals surface area contributed by atoms with Gasteiger partial charge in [0.15, 0.2) is 6.10 Å². The second-order valence-corrected chi connectivity index (χ2v) is 18.4. The van der Waals surface area contributed by atoms with Crippen molar-refractivity contribution in [2.45, 2.75) is 251 Å². The molecule has 0 fully saturated rings. The van der Waals surface area contributed by atoms with E-state index < -0.39 is 51.8 Å². The summed E-state index contributed by atoms with van der Waals surface area (Å²) in [7, 11) is -4.64. The van der Waals surface area contributed by atoms with Crippen LogP contribution in [0.2, 0.25) is 0 Å². The Balaban J connectivity index is 4.21. The van der Waals surface area contributed by atoms with Gasteiger partial charge in [-0.2, -0.15) is 0 Å². The zero-order valence-corrected chi connectivity index (χ0v) is 39.6. The van der Waals surface area contributed by atoms with Gasteiger partial charge in [-0.05, 0) is 19.3 Å². The van der Waals surface area contributed by atoms with Crippen LogP contribution in [0.3, 0.4) is 0 Å². The molecule has 0 aromatic rings. The fourth-order valence-electron chi connectivity index (χ4n) is 7.15. The highest BCUT2D eigenvalue weighted by Gasteiger charge is 2.27. The number of carbonyl (C=O) groups is 2. The molecule has 0 saturated carbocycles. The molecule has 0 aromatic heterocycles. The Hall–Kier alpha value is -1.55. The molecule has 0 spiro atoms. The number of phosphoric ester groups is 1. The molecule has 0 aromatic carbocycles. The fourth-order valence-corrected chi connectivity index (χ4v) is 7.93. The Morgan fingerprint density at radius 1 is 0.533 bits per heavy atom. The van der Waals surface area contributed by atoms with Gasteiger partial charge in [0.2, 0.25) is 0 Å². The Labute approximate surface area is 368 Å². The normalized spacial score (nSPS) is 13.9. The van der Waals surface area contributed by atoms with Crippen LogP contribution in [0.4, 0.5) is 0 Å². The van der Waals surface area contributed by atoms with E-state index >= 15 is 0 Å². The van der Waals surface area contributed by atoms with E-state index in [1.54, 1.807) is 12.2 Å². The number of aliphatic hydroxyl groups is 2. The van der Waals surface area contributed by atoms with Crippen molar-refractivity contribution in [2.75, 3.05) is 26.4 Å². The van der Waals surface area contributed by atoms with E-state index in [0.717, 1.165) is 32.1 Å². The number of ether oxygens (including phenoxy) is 2. The van der Waals surface area contributed by atoms with Crippen LogP contribution < -0.4 is 0 Å². The second-order valence-electron chi connectivity index (χ2n) is 16.9. The topological polar surface area (TPSA) is 149 Å². The van der Waals surface area contributed by atoms with Gasteiger partial charge in [-0.25, -0.2) is 9.36 Å². The summed E-state index contributed by atoms with van der Waals surface area (Å²) in [5, 5.41) is 18.4. The molecule has 0 saturated heterocycles. The predicted molar refractivity (Wildman–Crippen MR) is 247 cm³/mol. The number of carbonyl (C=O) groups excluding carboxylic acids is 2. The summed E-state index contributed by atoms with van der Waals surface area (Å²) >= 11 is 0. The molecular weight excluding hydrogens is 780 g/mol. The van der Waals surface area contributed by atoms with Crippen LogP contribution in [0, 0.1) is 0 Å². The molecule has 0 rings (SSSR count). The summed E-state index contributed by atoms with van der Waals surface area (Å²) < 4.78 is 32.6. The van der Waals surface area contributed by atoms with Crippen LogP contribution in [0.25, 0.3) is 0 Å². The van der Waals surface area contributed by atoms with Crippen LogP contribution in [0.1, 0.15) is 239 Å². The maximum atomic E-state index is 12.6. The van der Waals surface area contributed by atoms with Gasteiger partial charge in [0.05, 0.1) is 19.8 Å². The van der Waals surface area contributed by atoms with E-state index in [2.05, 4.69) is 13.8 Å². The summed E-state index contributed by atoms with van der Waals surface area (Å²) in [6, 6.07) is 0. The lowest BCUT2D eigenvalue weighted by Gasteiger charge is -2.20. The highest BCUT2D eigenvalue weighted by Crippen LogP contribution is 2.43. The molecule has 60 heavy (non-hydrogen) atoms. The minimum absolute atomic E-state index is 0.170. The Bertz CT molecular complexity index is 1050. The van der Waals surface area contributed by atoms with Gasteiger partial charge < -0.3 is 24.6 Å². The predicted octanol–water partition coefficient (Wildman–Crippen LogP) is 13.7. The van der Waals surface area contributed by atoms with Gasteiger partial charge in [0.25, 0.3) is 0 Å². The molecule has 0 amide bonds. The van der Waals surface area contributed by atoms with Crippen molar-refractivity contribution in [1.29, 1.82) is 0 Å². The van der Waals surface area contributed by atoms with E-state index in [9.17, 15) is 24.2 Å². The van der Waals surface area contributed by atoms with E-state index in [1.807, 2.05) is 6.08 Å². The first kappa shape index (κ1) is 58.5. The maximum absolute atomic E-state index is 12.6. The Morgan fingerprint density at radius 2 is 0.917 bits per heavy atom. The Morgan fingerprint density at radius 3 is 1.33 bits per heavy atom. The third-order valence-corrected chi connectivity index (χ3v) is 11.9. The van der Waals surface area contributed by atoms with Crippen molar-refractivity contribution < 1.29 is 47.8 Å². The molecule has 10 nitrogen and oxygen atoms in total. The first-order chi connectivity index (χ1) is 29.2. The van der Waals surface area contributed by atoms with Gasteiger partial charge in [0.1, 0.15) is 12.7 Å². The van der Waals surface area contributed by atoms with Crippen molar-refractivity contribution in [2.24, 2.45) is 0 Å².